The zero-order valence-electron chi connectivity index (χ0n) is 14.2. The van der Waals surface area contributed by atoms with Gasteiger partial charge in [0, 0.05) is 18.2 Å². The van der Waals surface area contributed by atoms with Gasteiger partial charge < -0.3 is 10.6 Å². The highest BCUT2D eigenvalue weighted by atomic mass is 35.5. The van der Waals surface area contributed by atoms with Crippen molar-refractivity contribution in [1.82, 2.24) is 15.6 Å². The minimum absolute atomic E-state index is 0. The molecule has 6 heteroatoms. The van der Waals surface area contributed by atoms with Gasteiger partial charge in [-0.25, -0.2) is 0 Å². The van der Waals surface area contributed by atoms with Crippen molar-refractivity contribution in [2.45, 2.75) is 26.8 Å². The molecule has 0 bridgehead atoms. The van der Waals surface area contributed by atoms with Crippen molar-refractivity contribution in [1.29, 1.82) is 0 Å². The monoisotopic (exact) mass is 369 g/mol. The number of rotatable bonds is 6. The number of nitrogens with one attached hydrogen (secondary N) is 2. The molecule has 0 saturated carbocycles. The van der Waals surface area contributed by atoms with E-state index in [-0.39, 0.29) is 36.8 Å². The molecule has 2 aromatic rings. The average molecular weight is 370 g/mol. The van der Waals surface area contributed by atoms with E-state index in [1.165, 1.54) is 0 Å². The van der Waals surface area contributed by atoms with E-state index < -0.39 is 0 Å². The van der Waals surface area contributed by atoms with E-state index in [1.807, 2.05) is 56.3 Å². The smallest absolute Gasteiger partial charge is 0.253 e. The second-order valence-corrected chi connectivity index (χ2v) is 5.36. The van der Waals surface area contributed by atoms with Crippen LogP contribution in [0.4, 0.5) is 0 Å². The molecule has 24 heavy (non-hydrogen) atoms. The lowest BCUT2D eigenvalue weighted by molar-refractivity contribution is 0.0949. The predicted molar refractivity (Wildman–Crippen MR) is 104 cm³/mol. The molecule has 0 aliphatic carbocycles. The van der Waals surface area contributed by atoms with Crippen LogP contribution in [0.2, 0.25) is 0 Å². The second-order valence-electron chi connectivity index (χ2n) is 5.36. The number of aryl methyl sites for hydroxylation is 1. The highest BCUT2D eigenvalue weighted by Crippen LogP contribution is 2.18. The molecule has 1 amide bonds. The van der Waals surface area contributed by atoms with Gasteiger partial charge in [-0.05, 0) is 32.5 Å². The Balaban J connectivity index is 0.00000264. The molecule has 1 aromatic heterocycles. The maximum atomic E-state index is 12.2. The van der Waals surface area contributed by atoms with Crippen molar-refractivity contribution in [3.63, 3.8) is 0 Å². The van der Waals surface area contributed by atoms with Crippen molar-refractivity contribution in [2.75, 3.05) is 13.1 Å². The second kappa shape index (κ2) is 11.0. The van der Waals surface area contributed by atoms with Gasteiger partial charge >= 0.3 is 0 Å². The van der Waals surface area contributed by atoms with Crippen molar-refractivity contribution >= 4 is 30.7 Å². The fourth-order valence-corrected chi connectivity index (χ4v) is 2.33. The van der Waals surface area contributed by atoms with Crippen molar-refractivity contribution in [2.24, 2.45) is 0 Å². The molecular formula is C18H25Cl2N3O. The summed E-state index contributed by atoms with van der Waals surface area (Å²) in [5, 5.41) is 6.21. The van der Waals surface area contributed by atoms with Gasteiger partial charge in [0.05, 0.1) is 17.0 Å². The third kappa shape index (κ3) is 6.11. The first-order chi connectivity index (χ1) is 10.6. The molecule has 0 fully saturated rings. The summed E-state index contributed by atoms with van der Waals surface area (Å²) in [6.07, 6.45) is 0. The number of carbonyl (C=O) groups excluding carboxylic acids is 1. The summed E-state index contributed by atoms with van der Waals surface area (Å²) in [6, 6.07) is 14.0. The number of aromatic nitrogens is 1. The Labute approximate surface area is 156 Å². The SMILES string of the molecule is CCN[C@H](C)CNC(=O)c1ccc(-c2ccccc2)nc1C.Cl.Cl. The standard InChI is InChI=1S/C18H23N3O.2ClH/c1-4-19-13(2)12-20-18(22)16-10-11-17(21-14(16)3)15-8-6-5-7-9-15;;/h5-11,13,19H,4,12H2,1-3H3,(H,20,22);2*1H/t13-;;/m1../s1. The zero-order chi connectivity index (χ0) is 15.9. The molecule has 1 atom stereocenters. The molecule has 4 nitrogen and oxygen atoms in total. The fraction of sp³-hybridized carbons (Fsp3) is 0.333. The van der Waals surface area contributed by atoms with Gasteiger partial charge in [-0.1, -0.05) is 37.3 Å². The number of benzene rings is 1. The highest BCUT2D eigenvalue weighted by molar-refractivity contribution is 5.95. The van der Waals surface area contributed by atoms with E-state index in [2.05, 4.69) is 22.5 Å². The Morgan fingerprint density at radius 2 is 1.79 bits per heavy atom. The van der Waals surface area contributed by atoms with Crippen molar-refractivity contribution < 1.29 is 4.79 Å². The molecule has 0 aliphatic heterocycles. The number of hydrogen-bond donors (Lipinski definition) is 2. The Morgan fingerprint density at radius 3 is 2.38 bits per heavy atom. The van der Waals surface area contributed by atoms with Gasteiger partial charge in [-0.2, -0.15) is 0 Å². The molecule has 2 N–H and O–H groups in total. The van der Waals surface area contributed by atoms with E-state index in [4.69, 9.17) is 0 Å². The number of pyridine rings is 1. The van der Waals surface area contributed by atoms with E-state index in [0.29, 0.717) is 12.1 Å². The van der Waals surface area contributed by atoms with Gasteiger partial charge in [0.25, 0.3) is 5.91 Å². The summed E-state index contributed by atoms with van der Waals surface area (Å²) >= 11 is 0. The van der Waals surface area contributed by atoms with E-state index in [1.54, 1.807) is 0 Å². The third-order valence-electron chi connectivity index (χ3n) is 3.52. The molecule has 1 heterocycles. The van der Waals surface area contributed by atoms with Crippen molar-refractivity contribution in [3.8, 4) is 11.3 Å². The summed E-state index contributed by atoms with van der Waals surface area (Å²) in [5.74, 6) is -0.0747. The van der Waals surface area contributed by atoms with Crippen LogP contribution in [0.25, 0.3) is 11.3 Å². The Bertz CT molecular complexity index is 635. The maximum absolute atomic E-state index is 12.2. The summed E-state index contributed by atoms with van der Waals surface area (Å²) in [6.45, 7) is 7.47. The quantitative estimate of drug-likeness (QED) is 0.817. The predicted octanol–water partition coefficient (Wildman–Crippen LogP) is 3.63. The number of likely N-dealkylation sites (N-methyl/N-ethyl adjacent to an activating group) is 1. The first kappa shape index (κ1) is 22.4. The lowest BCUT2D eigenvalue weighted by Gasteiger charge is -2.14. The van der Waals surface area contributed by atoms with Crippen molar-refractivity contribution in [3.05, 3.63) is 53.7 Å². The molecule has 0 spiro atoms. The molecule has 132 valence electrons. The Kier molecular flexibility index (Phi) is 10.3. The Morgan fingerprint density at radius 1 is 1.12 bits per heavy atom. The van der Waals surface area contributed by atoms with Gasteiger partial charge in [-0.3, -0.25) is 9.78 Å². The molecule has 0 saturated heterocycles. The minimum Gasteiger partial charge on any atom is -0.350 e. The number of hydrogen-bond acceptors (Lipinski definition) is 3. The third-order valence-corrected chi connectivity index (χ3v) is 3.52. The molecule has 0 radical (unpaired) electrons. The first-order valence-corrected chi connectivity index (χ1v) is 7.66. The number of carbonyl (C=O) groups is 1. The summed E-state index contributed by atoms with van der Waals surface area (Å²) in [4.78, 5) is 16.8. The molecule has 1 aromatic carbocycles. The van der Waals surface area contributed by atoms with Crippen LogP contribution >= 0.6 is 24.8 Å². The van der Waals surface area contributed by atoms with Crippen LogP contribution in [-0.2, 0) is 0 Å². The largest absolute Gasteiger partial charge is 0.350 e. The molecule has 0 aliphatic rings. The van der Waals surface area contributed by atoms with Crippen LogP contribution < -0.4 is 10.6 Å². The minimum atomic E-state index is -0.0747. The van der Waals surface area contributed by atoms with Gasteiger partial charge in [-0.15, -0.1) is 24.8 Å². The summed E-state index contributed by atoms with van der Waals surface area (Å²) in [5.41, 5.74) is 3.31. The van der Waals surface area contributed by atoms with Gasteiger partial charge in [0.15, 0.2) is 0 Å². The lowest BCUT2D eigenvalue weighted by Crippen LogP contribution is -2.39. The van der Waals surface area contributed by atoms with E-state index in [0.717, 1.165) is 23.5 Å². The highest BCUT2D eigenvalue weighted by Gasteiger charge is 2.12. The number of halogens is 2. The normalized spacial score (nSPS) is 11.0. The first-order valence-electron chi connectivity index (χ1n) is 7.66. The summed E-state index contributed by atoms with van der Waals surface area (Å²) < 4.78 is 0. The van der Waals surface area contributed by atoms with Gasteiger partial charge in [0.1, 0.15) is 0 Å². The molecule has 2 rings (SSSR count). The van der Waals surface area contributed by atoms with Crippen LogP contribution in [0, 0.1) is 6.92 Å². The van der Waals surface area contributed by atoms with Gasteiger partial charge in [0.2, 0.25) is 0 Å². The van der Waals surface area contributed by atoms with Crippen LogP contribution in [0.5, 0.6) is 0 Å². The van der Waals surface area contributed by atoms with Crippen LogP contribution in [0.1, 0.15) is 29.9 Å². The number of nitrogens with zero attached hydrogens (tertiary/aromatic N) is 1. The topological polar surface area (TPSA) is 54.0 Å². The average Bonchev–Trinajstić information content (AvgIpc) is 2.53. The van der Waals surface area contributed by atoms with Crippen LogP contribution in [-0.4, -0.2) is 30.0 Å². The van der Waals surface area contributed by atoms with E-state index in [9.17, 15) is 4.79 Å². The van der Waals surface area contributed by atoms with Crippen LogP contribution in [0.3, 0.4) is 0 Å². The summed E-state index contributed by atoms with van der Waals surface area (Å²) in [7, 11) is 0. The fourth-order valence-electron chi connectivity index (χ4n) is 2.33. The maximum Gasteiger partial charge on any atom is 0.253 e. The molecular weight excluding hydrogens is 345 g/mol. The Hall–Kier alpha value is -1.62. The zero-order valence-corrected chi connectivity index (χ0v) is 15.8. The number of amides is 1. The lowest BCUT2D eigenvalue weighted by atomic mass is 10.1. The van der Waals surface area contributed by atoms with Crippen LogP contribution in [0.15, 0.2) is 42.5 Å². The molecule has 0 unspecified atom stereocenters. The van der Waals surface area contributed by atoms with E-state index >= 15 is 0 Å².